The molecule has 2 unspecified atom stereocenters. The van der Waals surface area contributed by atoms with Gasteiger partial charge in [0.1, 0.15) is 6.04 Å². The minimum absolute atomic E-state index is 0.177. The Morgan fingerprint density at radius 3 is 2.53 bits per heavy atom. The number of likely N-dealkylation sites (N-methyl/N-ethyl adjacent to an activating group) is 1. The molecule has 0 aromatic carbocycles. The van der Waals surface area contributed by atoms with Crippen LogP contribution in [-0.4, -0.2) is 29.1 Å². The van der Waals surface area contributed by atoms with E-state index in [1.807, 2.05) is 30.3 Å². The second-order valence-electron chi connectivity index (χ2n) is 4.63. The number of hydrogen-bond acceptors (Lipinski definition) is 3. The molecule has 0 aliphatic heterocycles. The van der Waals surface area contributed by atoms with E-state index in [4.69, 9.17) is 0 Å². The van der Waals surface area contributed by atoms with Gasteiger partial charge in [-0.05, 0) is 30.8 Å². The fraction of sp³-hybridized carbons (Fsp3) is 0.615. The zero-order valence-electron chi connectivity index (χ0n) is 10.9. The van der Waals surface area contributed by atoms with Gasteiger partial charge in [0.2, 0.25) is 0 Å². The summed E-state index contributed by atoms with van der Waals surface area (Å²) in [5, 5.41) is 11.3. The summed E-state index contributed by atoms with van der Waals surface area (Å²) in [6.07, 6.45) is 0.625. The quantitative estimate of drug-likeness (QED) is 0.848. The number of carboxylic acid groups (broad SMARTS) is 1. The average molecular weight is 255 g/mol. The van der Waals surface area contributed by atoms with Gasteiger partial charge in [0, 0.05) is 10.9 Å². The Labute approximate surface area is 107 Å². The van der Waals surface area contributed by atoms with Crippen LogP contribution < -0.4 is 0 Å². The van der Waals surface area contributed by atoms with Gasteiger partial charge in [-0.25, -0.2) is 0 Å². The maximum atomic E-state index is 11.2. The van der Waals surface area contributed by atoms with Gasteiger partial charge >= 0.3 is 5.97 Å². The molecule has 96 valence electrons. The summed E-state index contributed by atoms with van der Waals surface area (Å²) >= 11 is 1.69. The number of carboxylic acids is 1. The van der Waals surface area contributed by atoms with E-state index < -0.39 is 12.0 Å². The van der Waals surface area contributed by atoms with E-state index in [9.17, 15) is 9.90 Å². The highest BCUT2D eigenvalue weighted by atomic mass is 32.1. The van der Waals surface area contributed by atoms with Gasteiger partial charge in [0.15, 0.2) is 0 Å². The molecule has 1 rings (SSSR count). The smallest absolute Gasteiger partial charge is 0.320 e. The summed E-state index contributed by atoms with van der Waals surface area (Å²) in [7, 11) is 1.91. The summed E-state index contributed by atoms with van der Waals surface area (Å²) in [5.41, 5.74) is 0. The van der Waals surface area contributed by atoms with Crippen LogP contribution in [0.5, 0.6) is 0 Å². The summed E-state index contributed by atoms with van der Waals surface area (Å²) in [6, 6.07) is 3.87. The lowest BCUT2D eigenvalue weighted by Gasteiger charge is -2.34. The topological polar surface area (TPSA) is 40.5 Å². The van der Waals surface area contributed by atoms with Crippen molar-refractivity contribution in [2.24, 2.45) is 5.92 Å². The van der Waals surface area contributed by atoms with E-state index >= 15 is 0 Å². The Kier molecular flexibility index (Phi) is 5.15. The first-order valence-electron chi connectivity index (χ1n) is 5.97. The number of nitrogens with zero attached hydrogens (tertiary/aromatic N) is 1. The van der Waals surface area contributed by atoms with E-state index in [-0.39, 0.29) is 6.04 Å². The van der Waals surface area contributed by atoms with Gasteiger partial charge < -0.3 is 5.11 Å². The molecule has 1 aromatic heterocycles. The van der Waals surface area contributed by atoms with Crippen molar-refractivity contribution in [2.75, 3.05) is 7.05 Å². The lowest BCUT2D eigenvalue weighted by Crippen LogP contribution is -2.41. The normalized spacial score (nSPS) is 15.2. The molecule has 1 aromatic rings. The molecule has 1 N–H and O–H groups in total. The van der Waals surface area contributed by atoms with Crippen LogP contribution in [-0.2, 0) is 4.79 Å². The van der Waals surface area contributed by atoms with E-state index in [1.165, 1.54) is 4.88 Å². The highest BCUT2D eigenvalue weighted by molar-refractivity contribution is 7.10. The predicted octanol–water partition coefficient (Wildman–Crippen LogP) is 3.24. The summed E-state index contributed by atoms with van der Waals surface area (Å²) in [6.45, 7) is 6.19. The van der Waals surface area contributed by atoms with Crippen LogP contribution >= 0.6 is 11.3 Å². The Hall–Kier alpha value is -0.870. The van der Waals surface area contributed by atoms with E-state index in [0.717, 1.165) is 0 Å². The Bertz CT molecular complexity index is 348. The maximum Gasteiger partial charge on any atom is 0.320 e. The van der Waals surface area contributed by atoms with Gasteiger partial charge in [0.05, 0.1) is 0 Å². The summed E-state index contributed by atoms with van der Waals surface area (Å²) in [4.78, 5) is 14.5. The fourth-order valence-corrected chi connectivity index (χ4v) is 3.34. The first-order chi connectivity index (χ1) is 7.99. The molecule has 0 saturated carbocycles. The van der Waals surface area contributed by atoms with Gasteiger partial charge in [-0.15, -0.1) is 11.3 Å². The molecule has 0 fully saturated rings. The van der Waals surface area contributed by atoms with Crippen LogP contribution in [0.4, 0.5) is 0 Å². The molecule has 2 atom stereocenters. The van der Waals surface area contributed by atoms with Crippen LogP contribution in [0.1, 0.15) is 38.1 Å². The van der Waals surface area contributed by atoms with Gasteiger partial charge in [-0.2, -0.15) is 0 Å². The van der Waals surface area contributed by atoms with Crippen LogP contribution in [0.2, 0.25) is 0 Å². The SMILES string of the molecule is CCC(C(=O)O)N(C)C(c1cccs1)C(C)C. The molecule has 3 nitrogen and oxygen atoms in total. The molecule has 1 heterocycles. The highest BCUT2D eigenvalue weighted by Gasteiger charge is 2.30. The predicted molar refractivity (Wildman–Crippen MR) is 71.4 cm³/mol. The zero-order chi connectivity index (χ0) is 13.0. The number of aliphatic carboxylic acids is 1. The monoisotopic (exact) mass is 255 g/mol. The van der Waals surface area contributed by atoms with Gasteiger partial charge in [-0.1, -0.05) is 26.8 Å². The molecule has 4 heteroatoms. The van der Waals surface area contributed by atoms with Crippen molar-refractivity contribution >= 4 is 17.3 Å². The first kappa shape index (κ1) is 14.2. The molecular formula is C13H21NO2S. The number of carbonyl (C=O) groups is 1. The van der Waals surface area contributed by atoms with Crippen LogP contribution in [0, 0.1) is 5.92 Å². The summed E-state index contributed by atoms with van der Waals surface area (Å²) in [5.74, 6) is -0.343. The second kappa shape index (κ2) is 6.17. The lowest BCUT2D eigenvalue weighted by molar-refractivity contribution is -0.144. The Balaban J connectivity index is 2.95. The standard InChI is InChI=1S/C13H21NO2S/c1-5-10(13(15)16)14(4)12(9(2)3)11-7-6-8-17-11/h6-10,12H,5H2,1-4H3,(H,15,16). The van der Waals surface area contributed by atoms with Gasteiger partial charge in [-0.3, -0.25) is 9.69 Å². The van der Waals surface area contributed by atoms with E-state index in [2.05, 4.69) is 19.9 Å². The fourth-order valence-electron chi connectivity index (χ4n) is 2.29. The molecule has 0 aliphatic carbocycles. The third-order valence-corrected chi connectivity index (χ3v) is 4.01. The molecular weight excluding hydrogens is 234 g/mol. The molecule has 17 heavy (non-hydrogen) atoms. The van der Waals surface area contributed by atoms with Crippen LogP contribution in [0.25, 0.3) is 0 Å². The van der Waals surface area contributed by atoms with Crippen molar-refractivity contribution in [3.63, 3.8) is 0 Å². The third-order valence-electron chi connectivity index (χ3n) is 3.07. The van der Waals surface area contributed by atoms with Crippen molar-refractivity contribution in [1.82, 2.24) is 4.90 Å². The van der Waals surface area contributed by atoms with Crippen LogP contribution in [0.15, 0.2) is 17.5 Å². The zero-order valence-corrected chi connectivity index (χ0v) is 11.7. The Morgan fingerprint density at radius 2 is 2.18 bits per heavy atom. The Morgan fingerprint density at radius 1 is 1.53 bits per heavy atom. The molecule has 0 saturated heterocycles. The maximum absolute atomic E-state index is 11.2. The lowest BCUT2D eigenvalue weighted by atomic mass is 9.99. The van der Waals surface area contributed by atoms with Crippen LogP contribution in [0.3, 0.4) is 0 Å². The van der Waals surface area contributed by atoms with Crippen molar-refractivity contribution in [3.05, 3.63) is 22.4 Å². The van der Waals surface area contributed by atoms with Crippen molar-refractivity contribution in [1.29, 1.82) is 0 Å². The summed E-state index contributed by atoms with van der Waals surface area (Å²) < 4.78 is 0. The molecule has 0 aliphatic rings. The number of hydrogen-bond donors (Lipinski definition) is 1. The number of rotatable bonds is 6. The van der Waals surface area contributed by atoms with Crippen molar-refractivity contribution in [3.8, 4) is 0 Å². The second-order valence-corrected chi connectivity index (χ2v) is 5.61. The third kappa shape index (κ3) is 3.30. The van der Waals surface area contributed by atoms with E-state index in [0.29, 0.717) is 12.3 Å². The molecule has 0 spiro atoms. The van der Waals surface area contributed by atoms with Gasteiger partial charge in [0.25, 0.3) is 0 Å². The molecule has 0 radical (unpaired) electrons. The minimum Gasteiger partial charge on any atom is -0.480 e. The van der Waals surface area contributed by atoms with E-state index in [1.54, 1.807) is 11.3 Å². The molecule has 0 amide bonds. The minimum atomic E-state index is -0.739. The van der Waals surface area contributed by atoms with Crippen molar-refractivity contribution < 1.29 is 9.90 Å². The number of thiophene rings is 1. The van der Waals surface area contributed by atoms with Crippen molar-refractivity contribution in [2.45, 2.75) is 39.3 Å². The average Bonchev–Trinajstić information content (AvgIpc) is 2.71. The largest absolute Gasteiger partial charge is 0.480 e. The highest BCUT2D eigenvalue weighted by Crippen LogP contribution is 2.32. The first-order valence-corrected chi connectivity index (χ1v) is 6.85. The molecule has 0 bridgehead atoms.